The van der Waals surface area contributed by atoms with Crippen LogP contribution in [0.4, 0.5) is 4.39 Å². The molecule has 0 aromatic heterocycles. The molecule has 8 heteroatoms. The maximum absolute atomic E-state index is 12.9. The summed E-state index contributed by atoms with van der Waals surface area (Å²) in [6.07, 6.45) is -0.528. The van der Waals surface area contributed by atoms with Crippen molar-refractivity contribution in [1.29, 1.82) is 0 Å². The van der Waals surface area contributed by atoms with Gasteiger partial charge in [0.2, 0.25) is 5.91 Å². The first kappa shape index (κ1) is 15.1. The SMILES string of the molecule is NC(=O)C[C@@H](NC(=O)c1ccc(F)cc1Br)C(=O)O. The Bertz CT molecular complexity index is 535. The number of carboxylic acids is 1. The first-order valence-electron chi connectivity index (χ1n) is 5.08. The molecule has 0 aliphatic rings. The highest BCUT2D eigenvalue weighted by molar-refractivity contribution is 9.10. The molecule has 0 fully saturated rings. The molecular weight excluding hydrogens is 323 g/mol. The van der Waals surface area contributed by atoms with Crippen LogP contribution in [-0.2, 0) is 9.59 Å². The van der Waals surface area contributed by atoms with Crippen molar-refractivity contribution >= 4 is 33.7 Å². The van der Waals surface area contributed by atoms with Gasteiger partial charge in [-0.1, -0.05) is 0 Å². The lowest BCUT2D eigenvalue weighted by Crippen LogP contribution is -2.43. The average Bonchev–Trinajstić information content (AvgIpc) is 2.26. The highest BCUT2D eigenvalue weighted by atomic mass is 79.9. The quantitative estimate of drug-likeness (QED) is 0.735. The average molecular weight is 333 g/mol. The first-order chi connectivity index (χ1) is 8.81. The van der Waals surface area contributed by atoms with E-state index in [4.69, 9.17) is 10.8 Å². The molecule has 0 saturated heterocycles. The van der Waals surface area contributed by atoms with Gasteiger partial charge in [-0.15, -0.1) is 0 Å². The smallest absolute Gasteiger partial charge is 0.326 e. The number of aliphatic carboxylic acids is 1. The fourth-order valence-electron chi connectivity index (χ4n) is 1.31. The van der Waals surface area contributed by atoms with Crippen molar-refractivity contribution in [2.24, 2.45) is 5.73 Å². The monoisotopic (exact) mass is 332 g/mol. The van der Waals surface area contributed by atoms with Crippen molar-refractivity contribution in [3.63, 3.8) is 0 Å². The van der Waals surface area contributed by atoms with E-state index in [0.29, 0.717) is 0 Å². The van der Waals surface area contributed by atoms with Crippen molar-refractivity contribution < 1.29 is 23.9 Å². The Kier molecular flexibility index (Phi) is 4.99. The van der Waals surface area contributed by atoms with Crippen LogP contribution in [0.15, 0.2) is 22.7 Å². The second-order valence-electron chi connectivity index (χ2n) is 3.66. The van der Waals surface area contributed by atoms with Gasteiger partial charge in [0.05, 0.1) is 12.0 Å². The summed E-state index contributed by atoms with van der Waals surface area (Å²) in [7, 11) is 0. The van der Waals surface area contributed by atoms with Gasteiger partial charge in [0, 0.05) is 4.47 Å². The van der Waals surface area contributed by atoms with E-state index in [1.807, 2.05) is 0 Å². The molecule has 1 atom stereocenters. The summed E-state index contributed by atoms with van der Waals surface area (Å²) in [5.41, 5.74) is 4.94. The second-order valence-corrected chi connectivity index (χ2v) is 4.51. The normalized spacial score (nSPS) is 11.7. The van der Waals surface area contributed by atoms with E-state index in [0.717, 1.165) is 12.1 Å². The van der Waals surface area contributed by atoms with Crippen molar-refractivity contribution in [3.05, 3.63) is 34.1 Å². The number of halogens is 2. The molecule has 1 rings (SSSR count). The van der Waals surface area contributed by atoms with Crippen molar-refractivity contribution in [2.45, 2.75) is 12.5 Å². The van der Waals surface area contributed by atoms with Crippen LogP contribution in [0, 0.1) is 5.82 Å². The Labute approximate surface area is 115 Å². The van der Waals surface area contributed by atoms with Crippen LogP contribution in [0.5, 0.6) is 0 Å². The molecule has 0 aliphatic carbocycles. The molecule has 4 N–H and O–H groups in total. The number of rotatable bonds is 5. The van der Waals surface area contributed by atoms with Gasteiger partial charge in [0.15, 0.2) is 0 Å². The molecule has 0 saturated carbocycles. The summed E-state index contributed by atoms with van der Waals surface area (Å²) in [6, 6.07) is 1.89. The molecule has 102 valence electrons. The maximum Gasteiger partial charge on any atom is 0.326 e. The molecule has 1 aromatic carbocycles. The van der Waals surface area contributed by atoms with Crippen LogP contribution in [0.3, 0.4) is 0 Å². The fourth-order valence-corrected chi connectivity index (χ4v) is 1.84. The minimum absolute atomic E-state index is 0.0529. The maximum atomic E-state index is 12.9. The van der Waals surface area contributed by atoms with Gasteiger partial charge in [-0.2, -0.15) is 0 Å². The van der Waals surface area contributed by atoms with E-state index in [9.17, 15) is 18.8 Å². The van der Waals surface area contributed by atoms with Crippen LogP contribution >= 0.6 is 15.9 Å². The van der Waals surface area contributed by atoms with E-state index in [1.165, 1.54) is 6.07 Å². The van der Waals surface area contributed by atoms with Crippen LogP contribution in [0.25, 0.3) is 0 Å². The predicted octanol–water partition coefficient (Wildman–Crippen LogP) is 0.647. The number of nitrogens with two attached hydrogens (primary N) is 1. The standard InChI is InChI=1S/C11H10BrFN2O4/c12-7-3-5(13)1-2-6(7)10(17)15-8(11(18)19)4-9(14)16/h1-3,8H,4H2,(H2,14,16)(H,15,17)(H,18,19)/t8-/m1/s1. The number of primary amides is 1. The Morgan fingerprint density at radius 1 is 1.42 bits per heavy atom. The summed E-state index contributed by atoms with van der Waals surface area (Å²) >= 11 is 2.99. The van der Waals surface area contributed by atoms with Gasteiger partial charge in [-0.3, -0.25) is 9.59 Å². The van der Waals surface area contributed by atoms with Crippen molar-refractivity contribution in [1.82, 2.24) is 5.32 Å². The molecular formula is C11H10BrFN2O4. The third kappa shape index (κ3) is 4.32. The topological polar surface area (TPSA) is 109 Å². The summed E-state index contributed by atoms with van der Waals surface area (Å²) < 4.78 is 13.0. The number of carbonyl (C=O) groups excluding carboxylic acids is 2. The van der Waals surface area contributed by atoms with E-state index in [1.54, 1.807) is 0 Å². The second kappa shape index (κ2) is 6.28. The first-order valence-corrected chi connectivity index (χ1v) is 5.87. The summed E-state index contributed by atoms with van der Waals surface area (Å²) in [5, 5.41) is 11.0. The highest BCUT2D eigenvalue weighted by Gasteiger charge is 2.23. The van der Waals surface area contributed by atoms with Crippen LogP contribution in [0.1, 0.15) is 16.8 Å². The molecule has 6 nitrogen and oxygen atoms in total. The van der Waals surface area contributed by atoms with E-state index >= 15 is 0 Å². The molecule has 0 radical (unpaired) electrons. The number of hydrogen-bond acceptors (Lipinski definition) is 3. The van der Waals surface area contributed by atoms with Gasteiger partial charge in [-0.25, -0.2) is 9.18 Å². The number of carboxylic acid groups (broad SMARTS) is 1. The Balaban J connectivity index is 2.87. The van der Waals surface area contributed by atoms with Crippen LogP contribution in [-0.4, -0.2) is 28.9 Å². The van der Waals surface area contributed by atoms with Gasteiger partial charge < -0.3 is 16.2 Å². The molecule has 0 unspecified atom stereocenters. The largest absolute Gasteiger partial charge is 0.480 e. The van der Waals surface area contributed by atoms with E-state index < -0.39 is 36.1 Å². The molecule has 2 amide bonds. The zero-order valence-electron chi connectivity index (χ0n) is 9.52. The lowest BCUT2D eigenvalue weighted by Gasteiger charge is -2.13. The minimum atomic E-state index is -1.43. The molecule has 19 heavy (non-hydrogen) atoms. The fraction of sp³-hybridized carbons (Fsp3) is 0.182. The molecule has 0 spiro atoms. The van der Waals surface area contributed by atoms with Crippen molar-refractivity contribution in [2.75, 3.05) is 0 Å². The van der Waals surface area contributed by atoms with Crippen molar-refractivity contribution in [3.8, 4) is 0 Å². The van der Waals surface area contributed by atoms with Crippen LogP contribution < -0.4 is 11.1 Å². The molecule has 1 aromatic rings. The third-order valence-corrected chi connectivity index (χ3v) is 2.84. The van der Waals surface area contributed by atoms with E-state index in [-0.39, 0.29) is 10.0 Å². The predicted molar refractivity (Wildman–Crippen MR) is 66.8 cm³/mol. The Morgan fingerprint density at radius 3 is 2.53 bits per heavy atom. The molecule has 0 heterocycles. The Hall–Kier alpha value is -1.96. The Morgan fingerprint density at radius 2 is 2.05 bits per heavy atom. The summed E-state index contributed by atoms with van der Waals surface area (Å²) in [5.74, 6) is -3.54. The minimum Gasteiger partial charge on any atom is -0.480 e. The van der Waals surface area contributed by atoms with Crippen LogP contribution in [0.2, 0.25) is 0 Å². The number of amides is 2. The number of benzene rings is 1. The van der Waals surface area contributed by atoms with Gasteiger partial charge in [0.1, 0.15) is 11.9 Å². The van der Waals surface area contributed by atoms with E-state index in [2.05, 4.69) is 21.2 Å². The third-order valence-electron chi connectivity index (χ3n) is 2.18. The van der Waals surface area contributed by atoms with Gasteiger partial charge in [-0.05, 0) is 34.1 Å². The number of carbonyl (C=O) groups is 3. The summed E-state index contributed by atoms with van der Waals surface area (Å²) in [6.45, 7) is 0. The highest BCUT2D eigenvalue weighted by Crippen LogP contribution is 2.18. The zero-order valence-corrected chi connectivity index (χ0v) is 11.1. The number of nitrogens with one attached hydrogen (secondary N) is 1. The number of hydrogen-bond donors (Lipinski definition) is 3. The zero-order chi connectivity index (χ0) is 14.6. The lowest BCUT2D eigenvalue weighted by molar-refractivity contribution is -0.140. The van der Waals surface area contributed by atoms with Gasteiger partial charge in [0.25, 0.3) is 5.91 Å². The van der Waals surface area contributed by atoms with Gasteiger partial charge >= 0.3 is 5.97 Å². The molecule has 0 bridgehead atoms. The molecule has 0 aliphatic heterocycles. The summed E-state index contributed by atoms with van der Waals surface area (Å²) in [4.78, 5) is 33.3. The lowest BCUT2D eigenvalue weighted by atomic mass is 10.1.